The van der Waals surface area contributed by atoms with E-state index in [9.17, 15) is 38.4 Å². The van der Waals surface area contributed by atoms with Crippen LogP contribution in [0.2, 0.25) is 0 Å². The van der Waals surface area contributed by atoms with Crippen LogP contribution in [0.25, 0.3) is 0 Å². The average Bonchev–Trinajstić information content (AvgIpc) is 3.46. The largest absolute Gasteiger partial charge is 0.463 e. The molecule has 9 atom stereocenters. The number of hydrogen-bond acceptors (Lipinski definition) is 19. The highest BCUT2D eigenvalue weighted by Crippen LogP contribution is 2.42. The van der Waals surface area contributed by atoms with Crippen LogP contribution in [0.3, 0.4) is 0 Å². The predicted molar refractivity (Wildman–Crippen MR) is 182 cm³/mol. The van der Waals surface area contributed by atoms with Crippen molar-refractivity contribution in [2.75, 3.05) is 19.8 Å². The first-order valence-corrected chi connectivity index (χ1v) is 18.6. The molecule has 0 amide bonds. The fraction of sp³-hybridized carbons (Fsp3) is 0.778. The van der Waals surface area contributed by atoms with Crippen molar-refractivity contribution in [3.8, 4) is 0 Å². The lowest BCUT2D eigenvalue weighted by Crippen LogP contribution is -2.66. The lowest BCUT2D eigenvalue weighted by atomic mass is 9.97. The summed E-state index contributed by atoms with van der Waals surface area (Å²) in [6.45, 7) is 9.95. The Bertz CT molecular complexity index is 1350. The van der Waals surface area contributed by atoms with E-state index in [0.717, 1.165) is 0 Å². The monoisotopic (exact) mass is 790 g/mol. The Labute approximate surface area is 319 Å². The molecule has 0 saturated carbocycles. The minimum atomic E-state index is -2.49. The van der Waals surface area contributed by atoms with Gasteiger partial charge in [0.15, 0.2) is 30.5 Å². The van der Waals surface area contributed by atoms with Crippen molar-refractivity contribution in [1.82, 2.24) is 0 Å². The van der Waals surface area contributed by atoms with Gasteiger partial charge in [-0.25, -0.2) is 0 Å². The summed E-state index contributed by atoms with van der Waals surface area (Å²) in [5, 5.41) is 0. The zero-order chi connectivity index (χ0) is 41.3. The van der Waals surface area contributed by atoms with Gasteiger partial charge < -0.3 is 52.1 Å². The molecule has 0 aromatic rings. The minimum absolute atomic E-state index is 0.0395. The highest BCUT2D eigenvalue weighted by Gasteiger charge is 2.65. The Morgan fingerprint density at radius 1 is 0.436 bits per heavy atom. The standard InChI is InChI=1S/C36H54O19/c1-9-22(37)45-17-20-30(49-25(40)12-4)32(51-27(42)14-6)33(52-28(43)15-7)35(48-20)55-36(19-47-24(39)11-3)34(53-29(44)16-8)31(50-26(41)13-5)21(54-36)18-46-23(38)10-2/h20-21,30-35H,9-19H2,1-8H3. The number of hydrogen-bond donors (Lipinski definition) is 0. The van der Waals surface area contributed by atoms with Crippen molar-refractivity contribution < 1.29 is 90.5 Å². The van der Waals surface area contributed by atoms with Gasteiger partial charge in [-0.1, -0.05) is 55.4 Å². The first-order valence-electron chi connectivity index (χ1n) is 18.6. The third-order valence-corrected chi connectivity index (χ3v) is 8.25. The van der Waals surface area contributed by atoms with Gasteiger partial charge in [-0.3, -0.25) is 38.4 Å². The van der Waals surface area contributed by atoms with E-state index in [-0.39, 0.29) is 51.4 Å². The van der Waals surface area contributed by atoms with Crippen LogP contribution in [0.1, 0.15) is 107 Å². The lowest BCUT2D eigenvalue weighted by molar-refractivity contribution is -0.384. The summed E-state index contributed by atoms with van der Waals surface area (Å²) in [6.07, 6.45) is -14.3. The van der Waals surface area contributed by atoms with Crippen molar-refractivity contribution >= 4 is 47.8 Å². The van der Waals surface area contributed by atoms with E-state index in [1.54, 1.807) is 0 Å². The third-order valence-electron chi connectivity index (χ3n) is 8.25. The maximum absolute atomic E-state index is 13.0. The second-order valence-corrected chi connectivity index (χ2v) is 12.2. The first-order chi connectivity index (χ1) is 26.1. The molecule has 0 aromatic carbocycles. The van der Waals surface area contributed by atoms with E-state index in [1.807, 2.05) is 0 Å². The van der Waals surface area contributed by atoms with Crippen LogP contribution in [0.15, 0.2) is 0 Å². The summed E-state index contributed by atoms with van der Waals surface area (Å²) >= 11 is 0. The molecule has 0 aromatic heterocycles. The van der Waals surface area contributed by atoms with E-state index in [2.05, 4.69) is 0 Å². The van der Waals surface area contributed by atoms with Gasteiger partial charge in [-0.05, 0) is 0 Å². The van der Waals surface area contributed by atoms with Crippen molar-refractivity contribution in [3.63, 3.8) is 0 Å². The van der Waals surface area contributed by atoms with Crippen LogP contribution in [0.4, 0.5) is 0 Å². The molecule has 2 saturated heterocycles. The molecule has 0 radical (unpaired) electrons. The predicted octanol–water partition coefficient (Wildman–Crippen LogP) is 2.29. The minimum Gasteiger partial charge on any atom is -0.463 e. The molecule has 2 fully saturated rings. The van der Waals surface area contributed by atoms with Crippen LogP contribution < -0.4 is 0 Å². The highest BCUT2D eigenvalue weighted by atomic mass is 16.8. The smallest absolute Gasteiger partial charge is 0.306 e. The molecule has 0 aliphatic carbocycles. The third kappa shape index (κ3) is 13.4. The fourth-order valence-electron chi connectivity index (χ4n) is 5.21. The molecular formula is C36H54O19. The molecule has 312 valence electrons. The van der Waals surface area contributed by atoms with Gasteiger partial charge in [0.25, 0.3) is 0 Å². The van der Waals surface area contributed by atoms with E-state index >= 15 is 0 Å². The molecule has 19 nitrogen and oxygen atoms in total. The summed E-state index contributed by atoms with van der Waals surface area (Å²) < 4.78 is 63.7. The molecule has 0 N–H and O–H groups in total. The SMILES string of the molecule is CCC(=O)OCC1OC(OC2(COC(=O)CC)OC(COC(=O)CC)C(OC(=O)CC)C2OC(=O)CC)C(OC(=O)CC)C(OC(=O)CC)C1OC(=O)CC. The fourth-order valence-corrected chi connectivity index (χ4v) is 5.21. The molecule has 2 aliphatic rings. The van der Waals surface area contributed by atoms with Crippen LogP contribution in [0, 0.1) is 0 Å². The van der Waals surface area contributed by atoms with E-state index < -0.39 is 122 Å². The number of rotatable bonds is 21. The Morgan fingerprint density at radius 2 is 0.818 bits per heavy atom. The van der Waals surface area contributed by atoms with Gasteiger partial charge in [-0.15, -0.1) is 0 Å². The van der Waals surface area contributed by atoms with Crippen LogP contribution in [-0.2, 0) is 90.5 Å². The average molecular weight is 791 g/mol. The van der Waals surface area contributed by atoms with Crippen LogP contribution >= 0.6 is 0 Å². The Kier molecular flexibility index (Phi) is 19.5. The van der Waals surface area contributed by atoms with Crippen molar-refractivity contribution in [3.05, 3.63) is 0 Å². The Balaban J connectivity index is 2.92. The van der Waals surface area contributed by atoms with Crippen molar-refractivity contribution in [1.29, 1.82) is 0 Å². The van der Waals surface area contributed by atoms with Gasteiger partial charge in [0.2, 0.25) is 12.1 Å². The first kappa shape index (κ1) is 46.8. The summed E-state index contributed by atoms with van der Waals surface area (Å²) in [5.41, 5.74) is 0. The maximum atomic E-state index is 13.0. The molecular weight excluding hydrogens is 736 g/mol. The number of esters is 8. The summed E-state index contributed by atoms with van der Waals surface area (Å²) in [5.74, 6) is -8.71. The summed E-state index contributed by atoms with van der Waals surface area (Å²) in [6, 6.07) is 0. The second kappa shape index (κ2) is 22.9. The zero-order valence-electron chi connectivity index (χ0n) is 32.7. The van der Waals surface area contributed by atoms with Crippen LogP contribution in [0.5, 0.6) is 0 Å². The summed E-state index contributed by atoms with van der Waals surface area (Å²) in [4.78, 5) is 102. The maximum Gasteiger partial charge on any atom is 0.306 e. The molecule has 2 rings (SSSR count). The van der Waals surface area contributed by atoms with Gasteiger partial charge in [-0.2, -0.15) is 0 Å². The lowest BCUT2D eigenvalue weighted by Gasteiger charge is -2.46. The molecule has 2 aliphatic heterocycles. The van der Waals surface area contributed by atoms with Gasteiger partial charge in [0.05, 0.1) is 0 Å². The topological polar surface area (TPSA) is 238 Å². The molecule has 19 heteroatoms. The van der Waals surface area contributed by atoms with Gasteiger partial charge in [0.1, 0.15) is 32.0 Å². The molecule has 9 unspecified atom stereocenters. The van der Waals surface area contributed by atoms with E-state index in [1.165, 1.54) is 55.4 Å². The number of ether oxygens (including phenoxy) is 11. The van der Waals surface area contributed by atoms with Gasteiger partial charge >= 0.3 is 47.8 Å². The molecule has 55 heavy (non-hydrogen) atoms. The molecule has 0 spiro atoms. The van der Waals surface area contributed by atoms with Crippen LogP contribution in [-0.4, -0.2) is 122 Å². The normalized spacial score (nSPS) is 27.2. The Morgan fingerprint density at radius 3 is 1.29 bits per heavy atom. The molecule has 2 heterocycles. The quantitative estimate of drug-likeness (QED) is 0.120. The Hall–Kier alpha value is -4.36. The second-order valence-electron chi connectivity index (χ2n) is 12.2. The number of carbonyl (C=O) groups is 8. The van der Waals surface area contributed by atoms with Crippen molar-refractivity contribution in [2.45, 2.75) is 162 Å². The van der Waals surface area contributed by atoms with Gasteiger partial charge in [0, 0.05) is 51.4 Å². The summed E-state index contributed by atoms with van der Waals surface area (Å²) in [7, 11) is 0. The van der Waals surface area contributed by atoms with E-state index in [0.29, 0.717) is 0 Å². The van der Waals surface area contributed by atoms with Crippen molar-refractivity contribution in [2.24, 2.45) is 0 Å². The highest BCUT2D eigenvalue weighted by molar-refractivity contribution is 5.73. The van der Waals surface area contributed by atoms with E-state index in [4.69, 9.17) is 52.1 Å². The number of carbonyl (C=O) groups excluding carboxylic acids is 8. The zero-order valence-corrected chi connectivity index (χ0v) is 32.7. The molecule has 0 bridgehead atoms.